The van der Waals surface area contributed by atoms with E-state index in [0.29, 0.717) is 0 Å². The Morgan fingerprint density at radius 2 is 2.05 bits per heavy atom. The average molecular weight is 298 g/mol. The van der Waals surface area contributed by atoms with E-state index in [1.807, 2.05) is 0 Å². The zero-order valence-corrected chi connectivity index (χ0v) is 11.4. The van der Waals surface area contributed by atoms with Crippen molar-refractivity contribution >= 4 is 35.1 Å². The summed E-state index contributed by atoms with van der Waals surface area (Å²) in [6.07, 6.45) is 1.15. The van der Waals surface area contributed by atoms with Gasteiger partial charge in [-0.25, -0.2) is 4.79 Å². The Kier molecular flexibility index (Phi) is 5.86. The van der Waals surface area contributed by atoms with Crippen molar-refractivity contribution in [3.63, 3.8) is 0 Å². The first kappa shape index (κ1) is 15.8. The second kappa shape index (κ2) is 7.40. The monoisotopic (exact) mass is 297 g/mol. The molecule has 0 amide bonds. The summed E-state index contributed by atoms with van der Waals surface area (Å²) in [5.74, 6) is -1.29. The summed E-state index contributed by atoms with van der Waals surface area (Å²) in [4.78, 5) is 33.4. The molecule has 7 heteroatoms. The summed E-state index contributed by atoms with van der Waals surface area (Å²) >= 11 is 5.39. The van der Waals surface area contributed by atoms with Gasteiger partial charge in [0.2, 0.25) is 0 Å². The van der Waals surface area contributed by atoms with E-state index in [4.69, 9.17) is 16.3 Å². The number of Topliss-reactive ketones (excluding diaryl/α,β-unsaturated/α-hetero) is 1. The number of carbonyl (C=O) groups excluding carboxylic acids is 2. The molecule has 0 spiro atoms. The fraction of sp³-hybridized carbons (Fsp3) is 0.231. The van der Waals surface area contributed by atoms with E-state index < -0.39 is 16.7 Å². The van der Waals surface area contributed by atoms with Crippen LogP contribution in [0, 0.1) is 10.1 Å². The first-order chi connectivity index (χ1) is 9.47. The van der Waals surface area contributed by atoms with Crippen LogP contribution >= 0.6 is 11.6 Å². The molecule has 1 rings (SSSR count). The van der Waals surface area contributed by atoms with Gasteiger partial charge in [0, 0.05) is 6.07 Å². The predicted molar refractivity (Wildman–Crippen MR) is 73.4 cm³/mol. The van der Waals surface area contributed by atoms with Crippen LogP contribution in [0.4, 0.5) is 5.69 Å². The molecule has 0 N–H and O–H groups in total. The molecule has 0 aliphatic rings. The number of alkyl halides is 1. The highest BCUT2D eigenvalue weighted by Gasteiger charge is 2.19. The number of nitro groups is 1. The molecule has 6 nitrogen and oxygen atoms in total. The molecule has 1 aromatic rings. The Morgan fingerprint density at radius 3 is 2.60 bits per heavy atom. The third-order valence-corrected chi connectivity index (χ3v) is 2.50. The number of halogens is 1. The minimum absolute atomic E-state index is 0.0398. The molecule has 20 heavy (non-hydrogen) atoms. The third kappa shape index (κ3) is 4.17. The number of hydrogen-bond donors (Lipinski definition) is 0. The van der Waals surface area contributed by atoms with Gasteiger partial charge in [0.25, 0.3) is 5.69 Å². The molecule has 0 aliphatic heterocycles. The Labute approximate surface area is 120 Å². The summed E-state index contributed by atoms with van der Waals surface area (Å²) in [5, 5.41) is 10.9. The number of benzene rings is 1. The Balaban J connectivity index is 3.18. The maximum Gasteiger partial charge on any atom is 0.341 e. The van der Waals surface area contributed by atoms with Crippen molar-refractivity contribution in [3.05, 3.63) is 45.5 Å². The number of ether oxygens (including phenoxy) is 1. The first-order valence-corrected chi connectivity index (χ1v) is 6.20. The van der Waals surface area contributed by atoms with E-state index in [0.717, 1.165) is 6.08 Å². The summed E-state index contributed by atoms with van der Waals surface area (Å²) in [6, 6.07) is 5.79. The van der Waals surface area contributed by atoms with Crippen LogP contribution in [0.5, 0.6) is 0 Å². The fourth-order valence-corrected chi connectivity index (χ4v) is 1.52. The molecule has 0 atom stereocenters. The molecule has 0 bridgehead atoms. The maximum absolute atomic E-state index is 11.7. The van der Waals surface area contributed by atoms with Crippen LogP contribution in [-0.2, 0) is 14.3 Å². The highest BCUT2D eigenvalue weighted by Crippen LogP contribution is 2.21. The molecular weight excluding hydrogens is 286 g/mol. The molecule has 0 saturated carbocycles. The molecule has 0 saturated heterocycles. The van der Waals surface area contributed by atoms with Crippen LogP contribution in [0.1, 0.15) is 12.5 Å². The topological polar surface area (TPSA) is 86.5 Å². The van der Waals surface area contributed by atoms with Gasteiger partial charge in [-0.3, -0.25) is 14.9 Å². The van der Waals surface area contributed by atoms with Crippen LogP contribution in [0.3, 0.4) is 0 Å². The van der Waals surface area contributed by atoms with E-state index in [9.17, 15) is 19.7 Å². The van der Waals surface area contributed by atoms with Crippen LogP contribution in [-0.4, -0.2) is 29.2 Å². The van der Waals surface area contributed by atoms with Gasteiger partial charge in [-0.2, -0.15) is 0 Å². The number of esters is 1. The lowest BCUT2D eigenvalue weighted by atomic mass is 10.1. The Bertz CT molecular complexity index is 568. The molecule has 0 unspecified atom stereocenters. The molecule has 0 heterocycles. The van der Waals surface area contributed by atoms with Gasteiger partial charge in [0.1, 0.15) is 12.2 Å². The molecule has 0 aliphatic carbocycles. The van der Waals surface area contributed by atoms with Crippen LogP contribution in [0.2, 0.25) is 0 Å². The van der Waals surface area contributed by atoms with Crippen molar-refractivity contribution in [1.82, 2.24) is 0 Å². The molecule has 106 valence electrons. The predicted octanol–water partition coefficient (Wildman–Crippen LogP) is 2.35. The van der Waals surface area contributed by atoms with Crippen LogP contribution < -0.4 is 0 Å². The lowest BCUT2D eigenvalue weighted by Crippen LogP contribution is -2.15. The highest BCUT2D eigenvalue weighted by molar-refractivity contribution is 6.20. The molecule has 0 fully saturated rings. The maximum atomic E-state index is 11.7. The fourth-order valence-electron chi connectivity index (χ4n) is 1.44. The van der Waals surface area contributed by atoms with Gasteiger partial charge < -0.3 is 4.74 Å². The van der Waals surface area contributed by atoms with Crippen molar-refractivity contribution in [2.75, 3.05) is 12.5 Å². The van der Waals surface area contributed by atoms with Crippen LogP contribution in [0.15, 0.2) is 29.8 Å². The largest absolute Gasteiger partial charge is 0.461 e. The first-order valence-electron chi connectivity index (χ1n) is 5.66. The van der Waals surface area contributed by atoms with Crippen molar-refractivity contribution in [2.24, 2.45) is 0 Å². The number of nitro benzene ring substituents is 1. The van der Waals surface area contributed by atoms with Gasteiger partial charge in [-0.15, -0.1) is 11.6 Å². The minimum atomic E-state index is -0.851. The van der Waals surface area contributed by atoms with Gasteiger partial charge >= 0.3 is 5.97 Å². The lowest BCUT2D eigenvalue weighted by molar-refractivity contribution is -0.385. The number of para-hydroxylation sites is 1. The van der Waals surface area contributed by atoms with E-state index in [1.165, 1.54) is 25.1 Å². The summed E-state index contributed by atoms with van der Waals surface area (Å²) in [6.45, 7) is 1.14. The van der Waals surface area contributed by atoms with Crippen molar-refractivity contribution < 1.29 is 19.2 Å². The molecule has 1 aromatic carbocycles. The van der Waals surface area contributed by atoms with Crippen molar-refractivity contribution in [1.29, 1.82) is 0 Å². The second-order valence-corrected chi connectivity index (χ2v) is 4.13. The lowest BCUT2D eigenvalue weighted by Gasteiger charge is -2.04. The number of rotatable bonds is 6. The zero-order valence-electron chi connectivity index (χ0n) is 10.7. The van der Waals surface area contributed by atoms with Gasteiger partial charge in [0.15, 0.2) is 5.78 Å². The highest BCUT2D eigenvalue weighted by atomic mass is 35.5. The SMILES string of the molecule is CC(=O)/C(=C\c1ccccc1[N+](=O)[O-])C(=O)OCCCl. The average Bonchev–Trinajstić information content (AvgIpc) is 2.42. The standard InChI is InChI=1S/C13H12ClNO5/c1-9(16)11(13(17)20-7-6-14)8-10-4-2-3-5-12(10)15(18)19/h2-5,8H,6-7H2,1H3/b11-8+. The van der Waals surface area contributed by atoms with Crippen molar-refractivity contribution in [3.8, 4) is 0 Å². The summed E-state index contributed by atoms with van der Waals surface area (Å²) < 4.78 is 4.76. The summed E-state index contributed by atoms with van der Waals surface area (Å²) in [7, 11) is 0. The smallest absolute Gasteiger partial charge is 0.341 e. The third-order valence-electron chi connectivity index (χ3n) is 2.34. The van der Waals surface area contributed by atoms with E-state index in [-0.39, 0.29) is 29.3 Å². The van der Waals surface area contributed by atoms with E-state index >= 15 is 0 Å². The molecular formula is C13H12ClNO5. The summed E-state index contributed by atoms with van der Waals surface area (Å²) in [5.41, 5.74) is -0.300. The Morgan fingerprint density at radius 1 is 1.40 bits per heavy atom. The minimum Gasteiger partial charge on any atom is -0.461 e. The second-order valence-electron chi connectivity index (χ2n) is 3.76. The van der Waals surface area contributed by atoms with Gasteiger partial charge in [0.05, 0.1) is 16.4 Å². The molecule has 0 radical (unpaired) electrons. The normalized spacial score (nSPS) is 11.0. The van der Waals surface area contributed by atoms with Crippen molar-refractivity contribution in [2.45, 2.75) is 6.92 Å². The number of hydrogen-bond acceptors (Lipinski definition) is 5. The van der Waals surface area contributed by atoms with Gasteiger partial charge in [-0.1, -0.05) is 12.1 Å². The van der Waals surface area contributed by atoms with Crippen LogP contribution in [0.25, 0.3) is 6.08 Å². The number of ketones is 1. The Hall–Kier alpha value is -2.21. The van der Waals surface area contributed by atoms with E-state index in [1.54, 1.807) is 6.07 Å². The number of carbonyl (C=O) groups is 2. The van der Waals surface area contributed by atoms with Gasteiger partial charge in [-0.05, 0) is 19.1 Å². The van der Waals surface area contributed by atoms with E-state index in [2.05, 4.69) is 0 Å². The number of nitrogens with zero attached hydrogens (tertiary/aromatic N) is 1. The molecule has 0 aromatic heterocycles. The zero-order chi connectivity index (χ0) is 15.1. The quantitative estimate of drug-likeness (QED) is 0.153.